The summed E-state index contributed by atoms with van der Waals surface area (Å²) in [7, 11) is 0. The first-order chi connectivity index (χ1) is 13.1. The van der Waals surface area contributed by atoms with Crippen LogP contribution in [0.4, 0.5) is 0 Å². The van der Waals surface area contributed by atoms with Crippen LogP contribution in [0.25, 0.3) is 10.9 Å². The molecule has 5 nitrogen and oxygen atoms in total. The minimum atomic E-state index is -0.0263. The van der Waals surface area contributed by atoms with E-state index in [1.807, 2.05) is 31.2 Å². The van der Waals surface area contributed by atoms with Gasteiger partial charge in [0.05, 0.1) is 16.7 Å². The number of thioether (sulfide) groups is 1. The summed E-state index contributed by atoms with van der Waals surface area (Å²) in [5.74, 6) is 0.322. The van der Waals surface area contributed by atoms with Gasteiger partial charge in [0, 0.05) is 12.1 Å². The zero-order valence-electron chi connectivity index (χ0n) is 16.2. The van der Waals surface area contributed by atoms with E-state index in [1.165, 1.54) is 37.4 Å². The Bertz CT molecular complexity index is 841. The highest BCUT2D eigenvalue weighted by atomic mass is 32.2. The number of hydrogen-bond acceptors (Lipinski definition) is 4. The first-order valence-electron chi connectivity index (χ1n) is 10.0. The Morgan fingerprint density at radius 1 is 1.26 bits per heavy atom. The first-order valence-corrected chi connectivity index (χ1v) is 11.0. The first kappa shape index (κ1) is 19.9. The number of hydrogen-bond donors (Lipinski definition) is 1. The maximum Gasteiger partial charge on any atom is 0.262 e. The second-order valence-corrected chi connectivity index (χ2v) is 8.33. The van der Waals surface area contributed by atoms with E-state index in [2.05, 4.69) is 17.2 Å². The summed E-state index contributed by atoms with van der Waals surface area (Å²) in [4.78, 5) is 30.1. The van der Waals surface area contributed by atoms with Crippen LogP contribution in [-0.4, -0.2) is 27.3 Å². The zero-order valence-corrected chi connectivity index (χ0v) is 17.1. The molecule has 146 valence electrons. The maximum absolute atomic E-state index is 13.0. The minimum Gasteiger partial charge on any atom is -0.353 e. The number of nitrogens with zero attached hydrogens (tertiary/aromatic N) is 2. The fraction of sp³-hybridized carbons (Fsp3) is 0.571. The van der Waals surface area contributed by atoms with Gasteiger partial charge in [-0.2, -0.15) is 0 Å². The van der Waals surface area contributed by atoms with Crippen molar-refractivity contribution in [2.75, 3.05) is 5.75 Å². The van der Waals surface area contributed by atoms with Gasteiger partial charge in [-0.3, -0.25) is 14.2 Å². The van der Waals surface area contributed by atoms with Crippen LogP contribution in [0.1, 0.15) is 64.8 Å². The summed E-state index contributed by atoms with van der Waals surface area (Å²) in [6.45, 7) is 4.08. The molecular formula is C21H29N3O2S. The molecule has 0 aliphatic heterocycles. The van der Waals surface area contributed by atoms with Crippen molar-refractivity contribution >= 4 is 28.6 Å². The lowest BCUT2D eigenvalue weighted by Crippen LogP contribution is -2.35. The number of fused-ring (bicyclic) bond motifs is 1. The lowest BCUT2D eigenvalue weighted by molar-refractivity contribution is -0.119. The van der Waals surface area contributed by atoms with Crippen LogP contribution >= 0.6 is 11.8 Å². The van der Waals surface area contributed by atoms with E-state index in [4.69, 9.17) is 0 Å². The van der Waals surface area contributed by atoms with Gasteiger partial charge >= 0.3 is 0 Å². The van der Waals surface area contributed by atoms with Crippen molar-refractivity contribution in [1.82, 2.24) is 14.9 Å². The fourth-order valence-electron chi connectivity index (χ4n) is 3.62. The standard InChI is InChI=1S/C21H29N3O2S/c1-3-15(2)24-20(26)17-12-8-9-13-18(17)23-21(24)27-14-19(25)22-16-10-6-4-5-7-11-16/h8-9,12-13,15-16H,3-7,10-11,14H2,1-2H3,(H,22,25)/t15-/m0/s1. The molecule has 0 bridgehead atoms. The predicted octanol–water partition coefficient (Wildman–Crippen LogP) is 4.30. The van der Waals surface area contributed by atoms with E-state index in [-0.39, 0.29) is 23.3 Å². The quantitative estimate of drug-likeness (QED) is 0.456. The Kier molecular flexibility index (Phi) is 6.94. The molecule has 1 aliphatic rings. The van der Waals surface area contributed by atoms with Gasteiger partial charge in [-0.05, 0) is 38.3 Å². The monoisotopic (exact) mass is 387 g/mol. The molecule has 0 spiro atoms. The molecule has 27 heavy (non-hydrogen) atoms. The van der Waals surface area contributed by atoms with Crippen LogP contribution < -0.4 is 10.9 Å². The molecule has 2 aromatic rings. The smallest absolute Gasteiger partial charge is 0.262 e. The maximum atomic E-state index is 13.0. The van der Waals surface area contributed by atoms with E-state index < -0.39 is 0 Å². The Morgan fingerprint density at radius 3 is 2.67 bits per heavy atom. The number of carbonyl (C=O) groups excluding carboxylic acids is 1. The van der Waals surface area contributed by atoms with Gasteiger partial charge in [0.1, 0.15) is 0 Å². The largest absolute Gasteiger partial charge is 0.353 e. The number of aromatic nitrogens is 2. The SMILES string of the molecule is CC[C@H](C)n1c(SCC(=O)NC2CCCCCC2)nc2ccccc2c1=O. The lowest BCUT2D eigenvalue weighted by atomic mass is 10.1. The Hall–Kier alpha value is -1.82. The summed E-state index contributed by atoms with van der Waals surface area (Å²) in [5, 5.41) is 4.43. The van der Waals surface area contributed by atoms with Gasteiger partial charge < -0.3 is 5.32 Å². The summed E-state index contributed by atoms with van der Waals surface area (Å²) >= 11 is 1.36. The van der Waals surface area contributed by atoms with E-state index in [0.29, 0.717) is 22.1 Å². The molecule has 1 aliphatic carbocycles. The molecule has 1 aromatic heterocycles. The molecule has 1 fully saturated rings. The number of carbonyl (C=O) groups is 1. The van der Waals surface area contributed by atoms with Crippen molar-refractivity contribution in [3.05, 3.63) is 34.6 Å². The van der Waals surface area contributed by atoms with Crippen molar-refractivity contribution in [3.8, 4) is 0 Å². The van der Waals surface area contributed by atoms with Gasteiger partial charge in [-0.15, -0.1) is 0 Å². The highest BCUT2D eigenvalue weighted by Gasteiger charge is 2.18. The average molecular weight is 388 g/mol. The van der Waals surface area contributed by atoms with Gasteiger partial charge in [0.25, 0.3) is 5.56 Å². The summed E-state index contributed by atoms with van der Waals surface area (Å²) in [6.07, 6.45) is 7.90. The third-order valence-electron chi connectivity index (χ3n) is 5.36. The van der Waals surface area contributed by atoms with E-state index in [1.54, 1.807) is 4.57 Å². The molecule has 0 unspecified atom stereocenters. The highest BCUT2D eigenvalue weighted by Crippen LogP contribution is 2.23. The van der Waals surface area contributed by atoms with Gasteiger partial charge in [-0.25, -0.2) is 4.98 Å². The molecule has 6 heteroatoms. The van der Waals surface area contributed by atoms with Crippen LogP contribution in [0.2, 0.25) is 0 Å². The normalized spacial score (nSPS) is 16.8. The summed E-state index contributed by atoms with van der Waals surface area (Å²) < 4.78 is 1.74. The molecule has 0 saturated heterocycles. The van der Waals surface area contributed by atoms with Gasteiger partial charge in [-0.1, -0.05) is 56.5 Å². The molecule has 1 N–H and O–H groups in total. The van der Waals surface area contributed by atoms with E-state index >= 15 is 0 Å². The number of benzene rings is 1. The molecule has 0 radical (unpaired) electrons. The van der Waals surface area contributed by atoms with E-state index in [9.17, 15) is 9.59 Å². The van der Waals surface area contributed by atoms with Crippen LogP contribution in [0, 0.1) is 0 Å². The minimum absolute atomic E-state index is 0.0263. The van der Waals surface area contributed by atoms with Crippen LogP contribution in [0.15, 0.2) is 34.2 Å². The molecule has 1 heterocycles. The molecular weight excluding hydrogens is 358 g/mol. The predicted molar refractivity (Wildman–Crippen MR) is 111 cm³/mol. The van der Waals surface area contributed by atoms with Crippen LogP contribution in [0.5, 0.6) is 0 Å². The topological polar surface area (TPSA) is 64.0 Å². The van der Waals surface area contributed by atoms with Crippen LogP contribution in [-0.2, 0) is 4.79 Å². The third kappa shape index (κ3) is 4.92. The molecule has 1 atom stereocenters. The Balaban J connectivity index is 1.77. The lowest BCUT2D eigenvalue weighted by Gasteiger charge is -2.19. The van der Waals surface area contributed by atoms with Gasteiger partial charge in [0.2, 0.25) is 5.91 Å². The highest BCUT2D eigenvalue weighted by molar-refractivity contribution is 7.99. The number of rotatable bonds is 6. The number of para-hydroxylation sites is 1. The second-order valence-electron chi connectivity index (χ2n) is 7.39. The number of nitrogens with one attached hydrogen (secondary N) is 1. The summed E-state index contributed by atoms with van der Waals surface area (Å²) in [5.41, 5.74) is 0.662. The zero-order chi connectivity index (χ0) is 19.2. The fourth-order valence-corrected chi connectivity index (χ4v) is 4.53. The number of amides is 1. The van der Waals surface area contributed by atoms with Gasteiger partial charge in [0.15, 0.2) is 5.16 Å². The van der Waals surface area contributed by atoms with Crippen LogP contribution in [0.3, 0.4) is 0 Å². The molecule has 1 amide bonds. The third-order valence-corrected chi connectivity index (χ3v) is 6.31. The average Bonchev–Trinajstić information content (AvgIpc) is 2.94. The molecule has 1 aromatic carbocycles. The summed E-state index contributed by atoms with van der Waals surface area (Å²) in [6, 6.07) is 7.75. The van der Waals surface area contributed by atoms with E-state index in [0.717, 1.165) is 19.3 Å². The van der Waals surface area contributed by atoms with Crippen molar-refractivity contribution in [2.24, 2.45) is 0 Å². The Morgan fingerprint density at radius 2 is 1.96 bits per heavy atom. The van der Waals surface area contributed by atoms with Crippen molar-refractivity contribution in [1.29, 1.82) is 0 Å². The van der Waals surface area contributed by atoms with Crippen molar-refractivity contribution < 1.29 is 4.79 Å². The Labute approximate surface area is 164 Å². The molecule has 3 rings (SSSR count). The van der Waals surface area contributed by atoms with Crippen molar-refractivity contribution in [3.63, 3.8) is 0 Å². The molecule has 1 saturated carbocycles. The second kappa shape index (κ2) is 9.40. The van der Waals surface area contributed by atoms with Crippen molar-refractivity contribution in [2.45, 2.75) is 76.0 Å².